The number of ether oxygens (including phenoxy) is 1. The maximum atomic E-state index is 11.7. The van der Waals surface area contributed by atoms with E-state index in [1.807, 2.05) is 0 Å². The van der Waals surface area contributed by atoms with E-state index in [0.717, 1.165) is 38.5 Å². The lowest BCUT2D eigenvalue weighted by molar-refractivity contribution is -0.206. The Morgan fingerprint density at radius 2 is 2.05 bits per heavy atom. The molecule has 2 atom stereocenters. The predicted octanol–water partition coefficient (Wildman–Crippen LogP) is 3.36. The van der Waals surface area contributed by atoms with E-state index in [4.69, 9.17) is 11.3 Å². The molecule has 102 valence electrons. The van der Waals surface area contributed by atoms with Gasteiger partial charge in [-0.2, -0.15) is 0 Å². The smallest absolute Gasteiger partial charge is 0.330 e. The Balaban J connectivity index is 1.94. The minimum atomic E-state index is -0.323. The summed E-state index contributed by atoms with van der Waals surface area (Å²) in [6.45, 7) is 13.2. The molecule has 4 saturated carbocycles. The van der Waals surface area contributed by atoms with Gasteiger partial charge < -0.3 is 9.58 Å². The lowest BCUT2D eigenvalue weighted by atomic mass is 9.47. The van der Waals surface area contributed by atoms with Crippen molar-refractivity contribution >= 4 is 5.97 Å². The van der Waals surface area contributed by atoms with E-state index < -0.39 is 0 Å². The quantitative estimate of drug-likeness (QED) is 0.442. The highest BCUT2D eigenvalue weighted by Gasteiger charge is 2.66. The van der Waals surface area contributed by atoms with Crippen LogP contribution in [0, 0.1) is 24.3 Å². The van der Waals surface area contributed by atoms with Gasteiger partial charge in [-0.1, -0.05) is 13.5 Å². The topological polar surface area (TPSA) is 30.7 Å². The van der Waals surface area contributed by atoms with Crippen LogP contribution in [0.4, 0.5) is 0 Å². The van der Waals surface area contributed by atoms with Gasteiger partial charge in [0.2, 0.25) is 5.54 Å². The zero-order chi connectivity index (χ0) is 13.7. The summed E-state index contributed by atoms with van der Waals surface area (Å²) in [5, 5.41) is 0. The molecule has 0 N–H and O–H groups in total. The molecule has 3 heteroatoms. The van der Waals surface area contributed by atoms with Gasteiger partial charge in [-0.05, 0) is 25.2 Å². The number of rotatable bonds is 3. The van der Waals surface area contributed by atoms with E-state index in [-0.39, 0.29) is 17.1 Å². The summed E-state index contributed by atoms with van der Waals surface area (Å²) < 4.78 is 5.84. The molecule has 2 unspecified atom stereocenters. The minimum absolute atomic E-state index is 0.143. The fourth-order valence-corrected chi connectivity index (χ4v) is 5.20. The molecule has 0 saturated heterocycles. The van der Waals surface area contributed by atoms with Gasteiger partial charge in [0.25, 0.3) is 0 Å². The van der Waals surface area contributed by atoms with Crippen molar-refractivity contribution < 1.29 is 9.53 Å². The molecule has 0 aliphatic heterocycles. The number of hydrogen-bond donors (Lipinski definition) is 0. The van der Waals surface area contributed by atoms with Crippen LogP contribution < -0.4 is 0 Å². The predicted molar refractivity (Wildman–Crippen MR) is 72.2 cm³/mol. The molecule has 0 amide bonds. The van der Waals surface area contributed by atoms with Crippen LogP contribution in [0.25, 0.3) is 4.85 Å². The Morgan fingerprint density at radius 3 is 2.53 bits per heavy atom. The molecule has 4 fully saturated rings. The van der Waals surface area contributed by atoms with E-state index in [0.29, 0.717) is 17.8 Å². The number of hydrogen-bond acceptors (Lipinski definition) is 2. The third-order valence-corrected chi connectivity index (χ3v) is 5.79. The van der Waals surface area contributed by atoms with Crippen LogP contribution in [-0.2, 0) is 9.53 Å². The molecule has 0 heterocycles. The van der Waals surface area contributed by atoms with Crippen molar-refractivity contribution in [2.75, 3.05) is 0 Å². The molecule has 4 bridgehead atoms. The molecule has 3 nitrogen and oxygen atoms in total. The van der Waals surface area contributed by atoms with Crippen molar-refractivity contribution in [1.29, 1.82) is 0 Å². The Kier molecular flexibility index (Phi) is 2.74. The Labute approximate surface area is 114 Å². The van der Waals surface area contributed by atoms with E-state index in [2.05, 4.69) is 18.3 Å². The summed E-state index contributed by atoms with van der Waals surface area (Å²) in [6.07, 6.45) is 7.30. The van der Waals surface area contributed by atoms with Crippen LogP contribution in [-0.4, -0.2) is 17.1 Å². The highest BCUT2D eigenvalue weighted by molar-refractivity contribution is 5.81. The normalized spacial score (nSPS) is 46.6. The second kappa shape index (κ2) is 4.10. The van der Waals surface area contributed by atoms with E-state index in [9.17, 15) is 4.79 Å². The molecule has 4 aliphatic rings. The Hall–Kier alpha value is -1.30. The van der Waals surface area contributed by atoms with Crippen LogP contribution in [0.2, 0.25) is 0 Å². The fraction of sp³-hybridized carbons (Fsp3) is 0.750. The second-order valence-electron chi connectivity index (χ2n) is 6.61. The molecular weight excluding hydrogens is 238 g/mol. The van der Waals surface area contributed by atoms with Gasteiger partial charge in [0.05, 0.1) is 0 Å². The minimum Gasteiger partial charge on any atom is -0.455 e. The van der Waals surface area contributed by atoms with Crippen LogP contribution in [0.1, 0.15) is 45.4 Å². The first-order valence-electron chi connectivity index (χ1n) is 7.31. The molecule has 0 aromatic heterocycles. The fourth-order valence-electron chi connectivity index (χ4n) is 5.20. The van der Waals surface area contributed by atoms with Crippen LogP contribution >= 0.6 is 0 Å². The van der Waals surface area contributed by atoms with Gasteiger partial charge in [0.15, 0.2) is 0 Å². The summed E-state index contributed by atoms with van der Waals surface area (Å²) in [4.78, 5) is 15.7. The molecular formula is C16H21NO2. The molecule has 0 aromatic rings. The lowest BCUT2D eigenvalue weighted by Gasteiger charge is -2.60. The maximum absolute atomic E-state index is 11.7. The average Bonchev–Trinajstić information content (AvgIpc) is 2.42. The van der Waals surface area contributed by atoms with Gasteiger partial charge in [0.1, 0.15) is 5.60 Å². The van der Waals surface area contributed by atoms with Crippen molar-refractivity contribution in [3.63, 3.8) is 0 Å². The van der Waals surface area contributed by atoms with Crippen molar-refractivity contribution in [1.82, 2.24) is 0 Å². The number of nitrogens with zero attached hydrogens (tertiary/aromatic N) is 1. The molecule has 4 aliphatic carbocycles. The van der Waals surface area contributed by atoms with E-state index in [1.54, 1.807) is 0 Å². The molecule has 0 spiro atoms. The van der Waals surface area contributed by atoms with Crippen LogP contribution in [0.15, 0.2) is 12.7 Å². The van der Waals surface area contributed by atoms with Gasteiger partial charge in [-0.3, -0.25) is 0 Å². The standard InChI is InChI=1S/C16H21NO2/c1-4-14(18)19-16(5-2)12-6-11-7-13(16)10-15(8-11,9-12)17-3/h4,11-13H,1,5-10H2,2H3. The zero-order valence-electron chi connectivity index (χ0n) is 11.5. The van der Waals surface area contributed by atoms with Crippen molar-refractivity contribution in [3.8, 4) is 0 Å². The number of carbonyl (C=O) groups is 1. The summed E-state index contributed by atoms with van der Waals surface area (Å²) in [7, 11) is 0. The molecule has 0 radical (unpaired) electrons. The van der Waals surface area contributed by atoms with E-state index in [1.165, 1.54) is 6.08 Å². The first kappa shape index (κ1) is 12.7. The summed E-state index contributed by atoms with van der Waals surface area (Å²) in [5.41, 5.74) is -0.466. The lowest BCUT2D eigenvalue weighted by Crippen LogP contribution is -2.63. The number of esters is 1. The average molecular weight is 259 g/mol. The molecule has 4 rings (SSSR count). The van der Waals surface area contributed by atoms with Crippen molar-refractivity contribution in [2.45, 2.75) is 56.6 Å². The number of carbonyl (C=O) groups excluding carboxylic acids is 1. The Bertz CT molecular complexity index is 446. The highest BCUT2D eigenvalue weighted by atomic mass is 16.6. The van der Waals surface area contributed by atoms with E-state index >= 15 is 0 Å². The SMILES string of the molecule is [C-]#[N+]C12CC3CC(C1)C(CC)(OC(=O)C=C)C(C3)C2. The van der Waals surface area contributed by atoms with Gasteiger partial charge in [0, 0.05) is 37.2 Å². The Morgan fingerprint density at radius 1 is 1.42 bits per heavy atom. The van der Waals surface area contributed by atoms with Crippen LogP contribution in [0.5, 0.6) is 0 Å². The monoisotopic (exact) mass is 259 g/mol. The van der Waals surface area contributed by atoms with Crippen molar-refractivity contribution in [2.24, 2.45) is 17.8 Å². The molecule has 19 heavy (non-hydrogen) atoms. The third kappa shape index (κ3) is 1.65. The first-order chi connectivity index (χ1) is 9.07. The summed E-state index contributed by atoms with van der Waals surface area (Å²) >= 11 is 0. The van der Waals surface area contributed by atoms with Gasteiger partial charge >= 0.3 is 5.97 Å². The maximum Gasteiger partial charge on any atom is 0.330 e. The van der Waals surface area contributed by atoms with Gasteiger partial charge in [-0.25, -0.2) is 11.4 Å². The largest absolute Gasteiger partial charge is 0.455 e. The highest BCUT2D eigenvalue weighted by Crippen LogP contribution is 2.63. The molecule has 0 aromatic carbocycles. The zero-order valence-corrected chi connectivity index (χ0v) is 11.5. The summed E-state index contributed by atoms with van der Waals surface area (Å²) in [6, 6.07) is 0. The van der Waals surface area contributed by atoms with Crippen LogP contribution in [0.3, 0.4) is 0 Å². The van der Waals surface area contributed by atoms with Gasteiger partial charge in [-0.15, -0.1) is 0 Å². The van der Waals surface area contributed by atoms with Crippen molar-refractivity contribution in [3.05, 3.63) is 24.1 Å². The second-order valence-corrected chi connectivity index (χ2v) is 6.61. The third-order valence-electron chi connectivity index (χ3n) is 5.79. The summed E-state index contributed by atoms with van der Waals surface area (Å²) in [5.74, 6) is 1.13. The first-order valence-corrected chi connectivity index (χ1v) is 7.31.